The monoisotopic (exact) mass is 644 g/mol. The Hall–Kier alpha value is -3.25. The van der Waals surface area contributed by atoms with Crippen molar-refractivity contribution in [3.8, 4) is 11.5 Å². The Balaban J connectivity index is 1.26. The highest BCUT2D eigenvalue weighted by molar-refractivity contribution is 6.30. The molecule has 1 fully saturated rings. The molecule has 2 aromatic carbocycles. The lowest BCUT2D eigenvalue weighted by Gasteiger charge is -2.47. The third-order valence-electron chi connectivity index (χ3n) is 11.1. The molecule has 1 aromatic heterocycles. The highest BCUT2D eigenvalue weighted by atomic mass is 35.5. The minimum absolute atomic E-state index is 0.0545. The lowest BCUT2D eigenvalue weighted by Crippen LogP contribution is -2.53. The first-order chi connectivity index (χ1) is 22.2. The van der Waals surface area contributed by atoms with Gasteiger partial charge in [-0.3, -0.25) is 4.98 Å². The summed E-state index contributed by atoms with van der Waals surface area (Å²) in [6.07, 6.45) is 10.5. The number of methoxy groups -OCH3 is 1. The summed E-state index contributed by atoms with van der Waals surface area (Å²) >= 11 is 6.32. The van der Waals surface area contributed by atoms with Gasteiger partial charge in [0.25, 0.3) is 0 Å². The molecule has 3 aromatic rings. The zero-order valence-electron chi connectivity index (χ0n) is 28.1. The predicted octanol–water partition coefficient (Wildman–Crippen LogP) is 9.00. The van der Waals surface area contributed by atoms with Crippen LogP contribution in [0, 0.1) is 18.8 Å². The van der Waals surface area contributed by atoms with Crippen molar-refractivity contribution in [3.63, 3.8) is 0 Å². The number of nitrogens with one attached hydrogen (secondary N) is 1. The molecular formula is C39H49ClN2O4. The Kier molecular flexibility index (Phi) is 9.57. The number of halogens is 1. The number of fused-ring (bicyclic) bond motifs is 3. The Bertz CT molecular complexity index is 1560. The van der Waals surface area contributed by atoms with Crippen LogP contribution in [0.1, 0.15) is 99.6 Å². The van der Waals surface area contributed by atoms with Crippen molar-refractivity contribution >= 4 is 23.3 Å². The van der Waals surface area contributed by atoms with E-state index in [1.807, 2.05) is 37.4 Å². The van der Waals surface area contributed by atoms with E-state index in [9.17, 15) is 4.79 Å². The van der Waals surface area contributed by atoms with Gasteiger partial charge in [0.1, 0.15) is 17.0 Å². The van der Waals surface area contributed by atoms with Crippen LogP contribution >= 0.6 is 11.6 Å². The number of carbonyl (C=O) groups excluding carboxylic acids is 1. The summed E-state index contributed by atoms with van der Waals surface area (Å²) < 4.78 is 18.1. The first-order valence-corrected chi connectivity index (χ1v) is 17.6. The summed E-state index contributed by atoms with van der Waals surface area (Å²) in [5.74, 6) is 3.05. The number of benzene rings is 2. The maximum atomic E-state index is 13.5. The van der Waals surface area contributed by atoms with Gasteiger partial charge in [-0.25, -0.2) is 4.79 Å². The second-order valence-electron chi connectivity index (χ2n) is 14.1. The van der Waals surface area contributed by atoms with Crippen molar-refractivity contribution in [3.05, 3.63) is 81.6 Å². The average molecular weight is 645 g/mol. The Morgan fingerprint density at radius 1 is 1.11 bits per heavy atom. The summed E-state index contributed by atoms with van der Waals surface area (Å²) in [5, 5.41) is 4.21. The summed E-state index contributed by atoms with van der Waals surface area (Å²) in [4.78, 5) is 18.1. The molecule has 0 radical (unpaired) electrons. The van der Waals surface area contributed by atoms with Gasteiger partial charge in [0.2, 0.25) is 0 Å². The van der Waals surface area contributed by atoms with Gasteiger partial charge in [-0.2, -0.15) is 0 Å². The third-order valence-corrected chi connectivity index (χ3v) is 11.3. The van der Waals surface area contributed by atoms with Crippen molar-refractivity contribution in [1.82, 2.24) is 4.98 Å². The molecule has 7 heteroatoms. The molecule has 3 aliphatic rings. The normalized spacial score (nSPS) is 25.8. The molecule has 3 aliphatic carbocycles. The van der Waals surface area contributed by atoms with E-state index >= 15 is 0 Å². The van der Waals surface area contributed by atoms with Crippen LogP contribution < -0.4 is 14.8 Å². The Labute approximate surface area is 279 Å². The van der Waals surface area contributed by atoms with Gasteiger partial charge in [-0.1, -0.05) is 37.6 Å². The van der Waals surface area contributed by atoms with Crippen LogP contribution in [0.25, 0.3) is 0 Å². The zero-order chi connectivity index (χ0) is 32.5. The van der Waals surface area contributed by atoms with Gasteiger partial charge in [0, 0.05) is 28.2 Å². The minimum atomic E-state index is -0.808. The molecule has 0 saturated heterocycles. The summed E-state index contributed by atoms with van der Waals surface area (Å²) in [6, 6.07) is 14.3. The quantitative estimate of drug-likeness (QED) is 0.222. The van der Waals surface area contributed by atoms with E-state index in [1.54, 1.807) is 0 Å². The highest BCUT2D eigenvalue weighted by Crippen LogP contribution is 2.57. The van der Waals surface area contributed by atoms with Crippen molar-refractivity contribution in [2.45, 2.75) is 102 Å². The first-order valence-electron chi connectivity index (χ1n) is 17.2. The van der Waals surface area contributed by atoms with Crippen LogP contribution in [-0.2, 0) is 27.8 Å². The molecule has 46 heavy (non-hydrogen) atoms. The molecule has 1 heterocycles. The summed E-state index contributed by atoms with van der Waals surface area (Å²) in [7, 11) is 1.49. The van der Waals surface area contributed by atoms with Crippen molar-refractivity contribution < 1.29 is 19.0 Å². The van der Waals surface area contributed by atoms with Gasteiger partial charge in [-0.05, 0) is 142 Å². The molecule has 0 bridgehead atoms. The topological polar surface area (TPSA) is 69.7 Å². The Morgan fingerprint density at radius 3 is 2.65 bits per heavy atom. The molecule has 1 unspecified atom stereocenters. The molecule has 1 saturated carbocycles. The van der Waals surface area contributed by atoms with Gasteiger partial charge in [0.15, 0.2) is 0 Å². The van der Waals surface area contributed by atoms with Crippen molar-refractivity contribution in [2.24, 2.45) is 11.8 Å². The van der Waals surface area contributed by atoms with Gasteiger partial charge >= 0.3 is 5.97 Å². The molecule has 3 atom stereocenters. The van der Waals surface area contributed by atoms with Crippen molar-refractivity contribution in [2.75, 3.05) is 25.6 Å². The number of hydrogen-bond acceptors (Lipinski definition) is 6. The minimum Gasteiger partial charge on any atom is -0.494 e. The number of esters is 1. The fourth-order valence-electron chi connectivity index (χ4n) is 8.75. The number of aryl methyl sites for hydroxylation is 2. The second-order valence-corrected chi connectivity index (χ2v) is 14.5. The Morgan fingerprint density at radius 2 is 1.91 bits per heavy atom. The molecular weight excluding hydrogens is 596 g/mol. The van der Waals surface area contributed by atoms with Crippen LogP contribution in [0.5, 0.6) is 11.5 Å². The number of aromatic nitrogens is 1. The van der Waals surface area contributed by atoms with E-state index in [1.165, 1.54) is 47.9 Å². The van der Waals surface area contributed by atoms with E-state index in [-0.39, 0.29) is 11.4 Å². The number of anilines is 1. The summed E-state index contributed by atoms with van der Waals surface area (Å²) in [6.45, 7) is 10.1. The molecule has 6 rings (SSSR count). The van der Waals surface area contributed by atoms with E-state index in [0.717, 1.165) is 49.3 Å². The predicted molar refractivity (Wildman–Crippen MR) is 184 cm³/mol. The van der Waals surface area contributed by atoms with Crippen LogP contribution in [0.15, 0.2) is 48.7 Å². The maximum Gasteiger partial charge on any atom is 0.331 e. The number of ether oxygens (including phenoxy) is 3. The van der Waals surface area contributed by atoms with Crippen LogP contribution in [0.3, 0.4) is 0 Å². The zero-order valence-corrected chi connectivity index (χ0v) is 28.8. The second kappa shape index (κ2) is 13.5. The van der Waals surface area contributed by atoms with Gasteiger partial charge < -0.3 is 19.5 Å². The smallest absolute Gasteiger partial charge is 0.331 e. The lowest BCUT2D eigenvalue weighted by molar-refractivity contribution is -0.148. The molecule has 1 N–H and O–H groups in total. The molecule has 6 nitrogen and oxygen atoms in total. The number of pyridine rings is 1. The maximum absolute atomic E-state index is 13.5. The largest absolute Gasteiger partial charge is 0.494 e. The average Bonchev–Trinajstić information content (AvgIpc) is 3.31. The first kappa shape index (κ1) is 32.7. The number of carbonyl (C=O) groups is 1. The van der Waals surface area contributed by atoms with Crippen molar-refractivity contribution in [1.29, 1.82) is 0 Å². The fourth-order valence-corrected chi connectivity index (χ4v) is 8.94. The third kappa shape index (κ3) is 6.22. The van der Waals surface area contributed by atoms with Crippen LogP contribution in [0.4, 0.5) is 5.69 Å². The highest BCUT2D eigenvalue weighted by Gasteiger charge is 2.54. The molecule has 0 aliphatic heterocycles. The fraction of sp³-hybridized carbons (Fsp3) is 0.538. The standard InChI is InChI=1S/C39H49ClN2O4/c1-6-45-35-23-32-28(20-27(35)4)21-29(19-25(2)24-46-34-13-18-41-33-12-7-9-26(3)36(33)34)38(32)14-16-39(17-15-38,37(43)44-5)42-31-11-8-10-30(40)22-31/h8,10-11,13,18,20,22-23,25-26,29,42H,6-7,9,12,14-17,19,21,24H2,1-5H3/t25-,26-,29?,38?,39?/m1/s1. The molecule has 0 amide bonds. The lowest BCUT2D eigenvalue weighted by atomic mass is 9.59. The number of rotatable bonds is 10. The van der Waals surface area contributed by atoms with E-state index < -0.39 is 5.54 Å². The molecule has 1 spiro atoms. The van der Waals surface area contributed by atoms with E-state index in [2.05, 4.69) is 49.3 Å². The number of nitrogens with zero attached hydrogens (tertiary/aromatic N) is 1. The van der Waals surface area contributed by atoms with Gasteiger partial charge in [-0.15, -0.1) is 0 Å². The van der Waals surface area contributed by atoms with Gasteiger partial charge in [0.05, 0.1) is 20.3 Å². The van der Waals surface area contributed by atoms with E-state index in [0.29, 0.717) is 48.8 Å². The summed E-state index contributed by atoms with van der Waals surface area (Å²) in [5.41, 5.74) is 6.50. The SMILES string of the molecule is CCOc1cc2c(cc1C)CC(C[C@@H](C)COc1ccnc3c1[C@H](C)CCC3)C21CCC(Nc2cccc(Cl)c2)(C(=O)OC)CC1. The molecule has 246 valence electrons. The number of hydrogen-bond donors (Lipinski definition) is 1. The van der Waals surface area contributed by atoms with Crippen LogP contribution in [-0.4, -0.2) is 36.8 Å². The van der Waals surface area contributed by atoms with E-state index in [4.69, 9.17) is 25.8 Å². The van der Waals surface area contributed by atoms with Crippen LogP contribution in [0.2, 0.25) is 5.02 Å².